The zero-order valence-corrected chi connectivity index (χ0v) is 20.4. The van der Waals surface area contributed by atoms with E-state index in [2.05, 4.69) is 77.1 Å². The third-order valence-corrected chi connectivity index (χ3v) is 6.83. The van der Waals surface area contributed by atoms with Crippen molar-refractivity contribution in [1.82, 2.24) is 20.4 Å². The van der Waals surface area contributed by atoms with Crippen molar-refractivity contribution in [1.29, 1.82) is 0 Å². The molecule has 0 aliphatic carbocycles. The highest BCUT2D eigenvalue weighted by molar-refractivity contribution is 14.0. The first-order valence-electron chi connectivity index (χ1n) is 9.66. The topological polar surface area (TPSA) is 54.2 Å². The van der Waals surface area contributed by atoms with Crippen molar-refractivity contribution >= 4 is 41.7 Å². The summed E-state index contributed by atoms with van der Waals surface area (Å²) in [5, 5.41) is 11.7. The number of nitrogens with one attached hydrogen (secondary N) is 2. The zero-order valence-electron chi connectivity index (χ0n) is 17.3. The molecular weight excluding hydrogens is 481 g/mol. The minimum atomic E-state index is 0. The fraction of sp³-hybridized carbons (Fsp3) is 0.524. The Bertz CT molecular complexity index is 782. The molecule has 1 saturated heterocycles. The summed E-state index contributed by atoms with van der Waals surface area (Å²) in [6, 6.07) is 10.5. The Labute approximate surface area is 190 Å². The Balaban J connectivity index is 0.00000280. The van der Waals surface area contributed by atoms with E-state index >= 15 is 0 Å². The number of rotatable bonds is 6. The molecule has 0 bridgehead atoms. The van der Waals surface area contributed by atoms with Crippen LogP contribution in [0.1, 0.15) is 42.3 Å². The van der Waals surface area contributed by atoms with Gasteiger partial charge in [-0.1, -0.05) is 30.3 Å². The molecule has 2 N–H and O–H groups in total. The first-order valence-corrected chi connectivity index (χ1v) is 10.6. The lowest BCUT2D eigenvalue weighted by Crippen LogP contribution is -2.43. The van der Waals surface area contributed by atoms with E-state index in [9.17, 15) is 0 Å². The van der Waals surface area contributed by atoms with Gasteiger partial charge >= 0.3 is 0 Å². The minimum absolute atomic E-state index is 0. The molecule has 1 unspecified atom stereocenters. The van der Waals surface area contributed by atoms with E-state index < -0.39 is 0 Å². The van der Waals surface area contributed by atoms with E-state index in [0.29, 0.717) is 4.75 Å². The van der Waals surface area contributed by atoms with E-state index in [-0.39, 0.29) is 24.0 Å². The number of benzene rings is 1. The summed E-state index contributed by atoms with van der Waals surface area (Å²) >= 11 is 2.06. The fourth-order valence-electron chi connectivity index (χ4n) is 3.54. The number of aryl methyl sites for hydroxylation is 1. The van der Waals surface area contributed by atoms with Crippen molar-refractivity contribution in [2.75, 3.05) is 19.3 Å². The molecule has 1 atom stereocenters. The number of thioether (sulfide) groups is 1. The summed E-state index contributed by atoms with van der Waals surface area (Å²) in [7, 11) is 1.83. The largest absolute Gasteiger partial charge is 0.355 e. The maximum atomic E-state index is 4.74. The predicted octanol–water partition coefficient (Wildman–Crippen LogP) is 4.12. The highest BCUT2D eigenvalue weighted by Crippen LogP contribution is 2.36. The van der Waals surface area contributed by atoms with E-state index in [0.717, 1.165) is 31.3 Å². The van der Waals surface area contributed by atoms with Gasteiger partial charge in [-0.3, -0.25) is 9.67 Å². The summed E-state index contributed by atoms with van der Waals surface area (Å²) in [6.45, 7) is 9.05. The van der Waals surface area contributed by atoms with Gasteiger partial charge in [0.25, 0.3) is 0 Å². The number of hydrogen-bond donors (Lipinski definition) is 2. The Morgan fingerprint density at radius 1 is 1.25 bits per heavy atom. The molecule has 1 aromatic carbocycles. The molecular formula is C21H32IN5S. The van der Waals surface area contributed by atoms with Gasteiger partial charge in [-0.2, -0.15) is 16.9 Å². The summed E-state index contributed by atoms with van der Waals surface area (Å²) in [5.41, 5.74) is 4.79. The van der Waals surface area contributed by atoms with Crippen LogP contribution in [0.4, 0.5) is 0 Å². The van der Waals surface area contributed by atoms with E-state index in [1.807, 2.05) is 13.1 Å². The molecule has 3 rings (SSSR count). The molecule has 1 aliphatic rings. The van der Waals surface area contributed by atoms with Crippen LogP contribution in [-0.4, -0.2) is 39.8 Å². The molecule has 2 heterocycles. The molecule has 0 spiro atoms. The summed E-state index contributed by atoms with van der Waals surface area (Å²) < 4.78 is 2.41. The first kappa shape index (κ1) is 23.1. The van der Waals surface area contributed by atoms with Gasteiger partial charge in [-0.15, -0.1) is 24.0 Å². The Kier molecular flexibility index (Phi) is 8.67. The lowest BCUT2D eigenvalue weighted by molar-refractivity contribution is 0.584. The third kappa shape index (κ3) is 5.89. The van der Waals surface area contributed by atoms with E-state index in [4.69, 9.17) is 5.10 Å². The van der Waals surface area contributed by atoms with Crippen LogP contribution in [0.2, 0.25) is 0 Å². The van der Waals surface area contributed by atoms with Gasteiger partial charge in [-0.25, -0.2) is 0 Å². The van der Waals surface area contributed by atoms with Crippen LogP contribution in [0.15, 0.2) is 35.3 Å². The average Bonchev–Trinajstić information content (AvgIpc) is 3.21. The molecule has 1 fully saturated rings. The van der Waals surface area contributed by atoms with Crippen LogP contribution >= 0.6 is 35.7 Å². The molecule has 5 nitrogen and oxygen atoms in total. The van der Waals surface area contributed by atoms with Gasteiger partial charge in [0.15, 0.2) is 5.96 Å². The molecule has 0 saturated carbocycles. The van der Waals surface area contributed by atoms with Crippen molar-refractivity contribution in [3.05, 3.63) is 52.8 Å². The molecule has 28 heavy (non-hydrogen) atoms. The number of hydrogen-bond acceptors (Lipinski definition) is 3. The number of guanidine groups is 1. The van der Waals surface area contributed by atoms with Gasteiger partial charge < -0.3 is 10.6 Å². The first-order chi connectivity index (χ1) is 13.0. The van der Waals surface area contributed by atoms with Crippen LogP contribution in [0.3, 0.4) is 0 Å². The van der Waals surface area contributed by atoms with Crippen LogP contribution < -0.4 is 10.6 Å². The number of aliphatic imine (C=N–C) groups is 1. The number of aromatic nitrogens is 2. The van der Waals surface area contributed by atoms with Crippen molar-refractivity contribution in [3.63, 3.8) is 0 Å². The van der Waals surface area contributed by atoms with Crippen molar-refractivity contribution in [3.8, 4) is 0 Å². The van der Waals surface area contributed by atoms with Crippen LogP contribution in [0, 0.1) is 13.8 Å². The maximum Gasteiger partial charge on any atom is 0.191 e. The second kappa shape index (κ2) is 10.5. The Morgan fingerprint density at radius 2 is 2.00 bits per heavy atom. The molecule has 0 amide bonds. The smallest absolute Gasteiger partial charge is 0.191 e. The quantitative estimate of drug-likeness (QED) is 0.347. The Hall–Kier alpha value is -1.22. The molecule has 7 heteroatoms. The highest BCUT2D eigenvalue weighted by Gasteiger charge is 2.29. The zero-order chi connectivity index (χ0) is 19.3. The van der Waals surface area contributed by atoms with Crippen LogP contribution in [0.25, 0.3) is 0 Å². The SMILES string of the molecule is CN=C(NCc1c(C)nn(Cc2ccccc2)c1C)NCC1(C)CCCS1.I. The van der Waals surface area contributed by atoms with Crippen molar-refractivity contribution in [2.24, 2.45) is 4.99 Å². The molecule has 0 radical (unpaired) electrons. The lowest BCUT2D eigenvalue weighted by Gasteiger charge is -2.24. The summed E-state index contributed by atoms with van der Waals surface area (Å²) in [6.07, 6.45) is 2.58. The molecule has 1 aliphatic heterocycles. The molecule has 1 aromatic heterocycles. The predicted molar refractivity (Wildman–Crippen MR) is 131 cm³/mol. The fourth-order valence-corrected chi connectivity index (χ4v) is 4.78. The van der Waals surface area contributed by atoms with Gasteiger partial charge in [0.1, 0.15) is 0 Å². The minimum Gasteiger partial charge on any atom is -0.355 e. The second-order valence-corrected chi connectivity index (χ2v) is 9.16. The molecule has 2 aromatic rings. The maximum absolute atomic E-state index is 4.74. The van der Waals surface area contributed by atoms with Crippen LogP contribution in [-0.2, 0) is 13.1 Å². The third-order valence-electron chi connectivity index (χ3n) is 5.29. The normalized spacial score (nSPS) is 19.4. The van der Waals surface area contributed by atoms with E-state index in [1.165, 1.54) is 35.4 Å². The molecule has 154 valence electrons. The van der Waals surface area contributed by atoms with Gasteiger partial charge in [-0.05, 0) is 44.9 Å². The Morgan fingerprint density at radius 3 is 2.64 bits per heavy atom. The van der Waals surface area contributed by atoms with Crippen molar-refractivity contribution < 1.29 is 0 Å². The average molecular weight is 513 g/mol. The lowest BCUT2D eigenvalue weighted by atomic mass is 10.1. The van der Waals surface area contributed by atoms with Gasteiger partial charge in [0.05, 0.1) is 12.2 Å². The monoisotopic (exact) mass is 513 g/mol. The van der Waals surface area contributed by atoms with E-state index in [1.54, 1.807) is 0 Å². The summed E-state index contributed by atoms with van der Waals surface area (Å²) in [4.78, 5) is 4.39. The van der Waals surface area contributed by atoms with Crippen LogP contribution in [0.5, 0.6) is 0 Å². The van der Waals surface area contributed by atoms with Gasteiger partial charge in [0, 0.05) is 36.1 Å². The number of halogens is 1. The second-order valence-electron chi connectivity index (χ2n) is 7.47. The standard InChI is InChI=1S/C21H31N5S.HI/c1-16-19(17(2)26(25-16)14-18-9-6-5-7-10-18)13-23-20(22-4)24-15-21(3)11-8-12-27-21;/h5-7,9-10H,8,11-15H2,1-4H3,(H2,22,23,24);1H. The summed E-state index contributed by atoms with van der Waals surface area (Å²) in [5.74, 6) is 2.13. The highest BCUT2D eigenvalue weighted by atomic mass is 127. The number of nitrogens with zero attached hydrogens (tertiary/aromatic N) is 3. The van der Waals surface area contributed by atoms with Crippen molar-refractivity contribution in [2.45, 2.75) is 51.4 Å². The van der Waals surface area contributed by atoms with Gasteiger partial charge in [0.2, 0.25) is 0 Å².